The highest BCUT2D eigenvalue weighted by molar-refractivity contribution is 5.94. The van der Waals surface area contributed by atoms with Gasteiger partial charge >= 0.3 is 0 Å². The van der Waals surface area contributed by atoms with Crippen LogP contribution in [0.25, 0.3) is 0 Å². The van der Waals surface area contributed by atoms with E-state index in [1.165, 1.54) is 25.7 Å². The summed E-state index contributed by atoms with van der Waals surface area (Å²) in [4.78, 5) is 25.6. The fourth-order valence-corrected chi connectivity index (χ4v) is 3.83. The molecule has 4 nitrogen and oxygen atoms in total. The van der Waals surface area contributed by atoms with Crippen molar-refractivity contribution in [2.75, 3.05) is 13.1 Å². The fraction of sp³-hybridized carbons (Fsp3) is 0.867. The number of carbonyl (C=O) groups is 2. The lowest BCUT2D eigenvalue weighted by Gasteiger charge is -2.39. The standard InChI is InChI=1S/C15H26N2O2/c1-11(2)8-15(6-4-5-7-15)10-17-9-13(18)16-12(3)14(17)19/h11-12H,4-10H2,1-3H3,(H,16,18). The molecule has 108 valence electrons. The number of nitrogens with zero attached hydrogens (tertiary/aromatic N) is 1. The third kappa shape index (κ3) is 3.28. The van der Waals surface area contributed by atoms with Gasteiger partial charge in [-0.3, -0.25) is 9.59 Å². The lowest BCUT2D eigenvalue weighted by atomic mass is 9.78. The van der Waals surface area contributed by atoms with Gasteiger partial charge in [-0.2, -0.15) is 0 Å². The van der Waals surface area contributed by atoms with Gasteiger partial charge < -0.3 is 10.2 Å². The van der Waals surface area contributed by atoms with E-state index < -0.39 is 0 Å². The SMILES string of the molecule is CC(C)CC1(CN2CC(=O)NC(C)C2=O)CCCC1. The molecule has 2 fully saturated rings. The predicted octanol–water partition coefficient (Wildman–Crippen LogP) is 1.94. The summed E-state index contributed by atoms with van der Waals surface area (Å²) in [5, 5.41) is 2.71. The molecule has 2 aliphatic rings. The van der Waals surface area contributed by atoms with Gasteiger partial charge in [0.15, 0.2) is 0 Å². The largest absolute Gasteiger partial charge is 0.343 e. The van der Waals surface area contributed by atoms with E-state index in [4.69, 9.17) is 0 Å². The monoisotopic (exact) mass is 266 g/mol. The van der Waals surface area contributed by atoms with Crippen LogP contribution in [0, 0.1) is 11.3 Å². The molecule has 2 rings (SSSR count). The molecule has 0 bridgehead atoms. The average molecular weight is 266 g/mol. The molecule has 1 saturated heterocycles. The summed E-state index contributed by atoms with van der Waals surface area (Å²) in [6.45, 7) is 7.27. The molecule has 1 aliphatic carbocycles. The molecule has 0 radical (unpaired) electrons. The van der Waals surface area contributed by atoms with Gasteiger partial charge in [0.25, 0.3) is 0 Å². The van der Waals surface area contributed by atoms with Crippen molar-refractivity contribution >= 4 is 11.8 Å². The first-order valence-electron chi connectivity index (χ1n) is 7.50. The number of rotatable bonds is 4. The third-order valence-electron chi connectivity index (χ3n) is 4.43. The van der Waals surface area contributed by atoms with E-state index in [2.05, 4.69) is 19.2 Å². The van der Waals surface area contributed by atoms with E-state index in [9.17, 15) is 9.59 Å². The zero-order valence-corrected chi connectivity index (χ0v) is 12.4. The molecule has 0 spiro atoms. The maximum atomic E-state index is 12.2. The molecular weight excluding hydrogens is 240 g/mol. The highest BCUT2D eigenvalue weighted by Crippen LogP contribution is 2.43. The normalized spacial score (nSPS) is 26.9. The minimum Gasteiger partial charge on any atom is -0.343 e. The third-order valence-corrected chi connectivity index (χ3v) is 4.43. The van der Waals surface area contributed by atoms with Crippen LogP contribution in [0.3, 0.4) is 0 Å². The van der Waals surface area contributed by atoms with Crippen LogP contribution in [0.2, 0.25) is 0 Å². The van der Waals surface area contributed by atoms with Gasteiger partial charge in [0, 0.05) is 6.54 Å². The molecule has 0 aromatic carbocycles. The topological polar surface area (TPSA) is 49.4 Å². The summed E-state index contributed by atoms with van der Waals surface area (Å²) >= 11 is 0. The van der Waals surface area contributed by atoms with Gasteiger partial charge in [-0.15, -0.1) is 0 Å². The Hall–Kier alpha value is -1.06. The second-order valence-electron chi connectivity index (χ2n) is 6.79. The van der Waals surface area contributed by atoms with Crippen LogP contribution in [0.4, 0.5) is 0 Å². The van der Waals surface area contributed by atoms with Crippen LogP contribution in [0.1, 0.15) is 52.9 Å². The second kappa shape index (κ2) is 5.51. The second-order valence-corrected chi connectivity index (χ2v) is 6.79. The van der Waals surface area contributed by atoms with Gasteiger partial charge in [0.1, 0.15) is 6.04 Å². The molecule has 1 heterocycles. The number of hydrogen-bond acceptors (Lipinski definition) is 2. The van der Waals surface area contributed by atoms with Crippen molar-refractivity contribution < 1.29 is 9.59 Å². The molecule has 0 aromatic rings. The zero-order valence-electron chi connectivity index (χ0n) is 12.4. The van der Waals surface area contributed by atoms with E-state index in [0.29, 0.717) is 5.92 Å². The lowest BCUT2D eigenvalue weighted by Crippen LogP contribution is -2.58. The Morgan fingerprint density at radius 1 is 1.32 bits per heavy atom. The summed E-state index contributed by atoms with van der Waals surface area (Å²) in [5.74, 6) is 0.698. The summed E-state index contributed by atoms with van der Waals surface area (Å²) in [6, 6.07) is -0.362. The maximum absolute atomic E-state index is 12.2. The Labute approximate surface area is 115 Å². The molecule has 4 heteroatoms. The zero-order chi connectivity index (χ0) is 14.0. The highest BCUT2D eigenvalue weighted by atomic mass is 16.2. The Bertz CT molecular complexity index is 359. The Balaban J connectivity index is 2.08. The van der Waals surface area contributed by atoms with Crippen molar-refractivity contribution in [2.24, 2.45) is 11.3 Å². The van der Waals surface area contributed by atoms with Crippen LogP contribution >= 0.6 is 0 Å². The highest BCUT2D eigenvalue weighted by Gasteiger charge is 2.40. The van der Waals surface area contributed by atoms with E-state index >= 15 is 0 Å². The molecule has 1 aliphatic heterocycles. The fourth-order valence-electron chi connectivity index (χ4n) is 3.83. The first-order valence-corrected chi connectivity index (χ1v) is 7.50. The van der Waals surface area contributed by atoms with E-state index in [0.717, 1.165) is 13.0 Å². The number of carbonyl (C=O) groups excluding carboxylic acids is 2. The number of amides is 2. The first kappa shape index (κ1) is 14.4. The summed E-state index contributed by atoms with van der Waals surface area (Å²) in [7, 11) is 0. The quantitative estimate of drug-likeness (QED) is 0.845. The number of nitrogens with one attached hydrogen (secondary N) is 1. The predicted molar refractivity (Wildman–Crippen MR) is 74.5 cm³/mol. The Morgan fingerprint density at radius 3 is 2.53 bits per heavy atom. The van der Waals surface area contributed by atoms with E-state index in [1.54, 1.807) is 11.8 Å². The van der Waals surface area contributed by atoms with Gasteiger partial charge in [0.05, 0.1) is 6.54 Å². The van der Waals surface area contributed by atoms with Crippen LogP contribution in [-0.2, 0) is 9.59 Å². The molecule has 1 atom stereocenters. The first-order chi connectivity index (χ1) is 8.92. The van der Waals surface area contributed by atoms with Crippen LogP contribution in [-0.4, -0.2) is 35.8 Å². The number of hydrogen-bond donors (Lipinski definition) is 1. The smallest absolute Gasteiger partial charge is 0.245 e. The van der Waals surface area contributed by atoms with Crippen molar-refractivity contribution in [1.29, 1.82) is 0 Å². The summed E-state index contributed by atoms with van der Waals surface area (Å²) < 4.78 is 0. The summed E-state index contributed by atoms with van der Waals surface area (Å²) in [5.41, 5.74) is 0.251. The Morgan fingerprint density at radius 2 is 1.95 bits per heavy atom. The van der Waals surface area contributed by atoms with Crippen molar-refractivity contribution in [1.82, 2.24) is 10.2 Å². The van der Waals surface area contributed by atoms with Crippen LogP contribution in [0.15, 0.2) is 0 Å². The van der Waals surface area contributed by atoms with Crippen LogP contribution < -0.4 is 5.32 Å². The molecular formula is C15H26N2O2. The number of piperazine rings is 1. The van der Waals surface area contributed by atoms with Gasteiger partial charge in [-0.05, 0) is 37.5 Å². The van der Waals surface area contributed by atoms with Gasteiger partial charge in [-0.1, -0.05) is 26.7 Å². The van der Waals surface area contributed by atoms with Crippen molar-refractivity contribution in [2.45, 2.75) is 58.9 Å². The van der Waals surface area contributed by atoms with Gasteiger partial charge in [0.2, 0.25) is 11.8 Å². The summed E-state index contributed by atoms with van der Waals surface area (Å²) in [6.07, 6.45) is 6.08. The molecule has 1 saturated carbocycles. The van der Waals surface area contributed by atoms with Crippen LogP contribution in [0.5, 0.6) is 0 Å². The minimum absolute atomic E-state index is 0.0233. The van der Waals surface area contributed by atoms with E-state index in [-0.39, 0.29) is 29.8 Å². The molecule has 2 amide bonds. The van der Waals surface area contributed by atoms with Crippen molar-refractivity contribution in [3.05, 3.63) is 0 Å². The molecule has 1 N–H and O–H groups in total. The minimum atomic E-state index is -0.362. The lowest BCUT2D eigenvalue weighted by molar-refractivity contribution is -0.145. The molecule has 1 unspecified atom stereocenters. The van der Waals surface area contributed by atoms with E-state index in [1.807, 2.05) is 0 Å². The maximum Gasteiger partial charge on any atom is 0.245 e. The van der Waals surface area contributed by atoms with Crippen molar-refractivity contribution in [3.63, 3.8) is 0 Å². The molecule has 0 aromatic heterocycles. The Kier molecular flexibility index (Phi) is 4.16. The average Bonchev–Trinajstić information content (AvgIpc) is 2.72. The van der Waals surface area contributed by atoms with Gasteiger partial charge in [-0.25, -0.2) is 0 Å². The molecule has 19 heavy (non-hydrogen) atoms. The van der Waals surface area contributed by atoms with Crippen molar-refractivity contribution in [3.8, 4) is 0 Å².